The second-order valence-electron chi connectivity index (χ2n) is 7.33. The number of hydrogen-bond donors (Lipinski definition) is 1. The highest BCUT2D eigenvalue weighted by Crippen LogP contribution is 2.28. The Morgan fingerprint density at radius 1 is 1.12 bits per heavy atom. The van der Waals surface area contributed by atoms with Crippen molar-refractivity contribution in [3.63, 3.8) is 0 Å². The monoisotopic (exact) mass is 476 g/mol. The molecule has 0 saturated heterocycles. The van der Waals surface area contributed by atoms with E-state index in [1.165, 1.54) is 23.1 Å². The first kappa shape index (κ1) is 24.0. The van der Waals surface area contributed by atoms with Gasteiger partial charge in [-0.3, -0.25) is 10.1 Å². The molecule has 0 radical (unpaired) electrons. The van der Waals surface area contributed by atoms with Gasteiger partial charge in [0, 0.05) is 12.5 Å². The summed E-state index contributed by atoms with van der Waals surface area (Å²) in [7, 11) is 1.63. The van der Waals surface area contributed by atoms with E-state index < -0.39 is 0 Å². The Balaban J connectivity index is 1.63. The number of hydrogen-bond acceptors (Lipinski definition) is 9. The smallest absolute Gasteiger partial charge is 0.236 e. The summed E-state index contributed by atoms with van der Waals surface area (Å²) in [5, 5.41) is 21.7. The molecule has 3 aromatic rings. The van der Waals surface area contributed by atoms with E-state index in [0.29, 0.717) is 21.9 Å². The number of carbonyl (C=O) groups is 1. The number of anilines is 1. The third-order valence-electron chi connectivity index (χ3n) is 4.45. The first-order valence-electron chi connectivity index (χ1n) is 10.4. The van der Waals surface area contributed by atoms with Crippen LogP contribution in [0.3, 0.4) is 0 Å². The first-order valence-corrected chi connectivity index (χ1v) is 12.2. The fourth-order valence-corrected chi connectivity index (χ4v) is 4.70. The Hall–Kier alpha value is -2.66. The summed E-state index contributed by atoms with van der Waals surface area (Å²) in [4.78, 5) is 12.4. The molecular formula is C21H28N6O3S2. The lowest BCUT2D eigenvalue weighted by molar-refractivity contribution is -0.113. The third-order valence-corrected chi connectivity index (χ3v) is 6.29. The number of thioether (sulfide) groups is 1. The molecule has 3 rings (SSSR count). The van der Waals surface area contributed by atoms with E-state index >= 15 is 0 Å². The second kappa shape index (κ2) is 11.3. The quantitative estimate of drug-likeness (QED) is 0.402. The maximum atomic E-state index is 12.4. The van der Waals surface area contributed by atoms with Crippen LogP contribution in [0.5, 0.6) is 11.5 Å². The normalized spacial score (nSPS) is 12.1. The van der Waals surface area contributed by atoms with E-state index in [2.05, 4.69) is 32.6 Å². The molecule has 32 heavy (non-hydrogen) atoms. The summed E-state index contributed by atoms with van der Waals surface area (Å²) < 4.78 is 13.2. The van der Waals surface area contributed by atoms with Crippen LogP contribution in [0.25, 0.3) is 0 Å². The van der Waals surface area contributed by atoms with Crippen LogP contribution in [0.2, 0.25) is 0 Å². The van der Waals surface area contributed by atoms with Crippen LogP contribution in [0.1, 0.15) is 57.1 Å². The number of rotatable bonds is 11. The van der Waals surface area contributed by atoms with Crippen molar-refractivity contribution in [2.45, 2.75) is 57.8 Å². The number of aryl methyl sites for hydroxylation is 1. The molecule has 9 nitrogen and oxygen atoms in total. The van der Waals surface area contributed by atoms with E-state index in [1.807, 2.05) is 49.6 Å². The van der Waals surface area contributed by atoms with E-state index in [4.69, 9.17) is 9.47 Å². The van der Waals surface area contributed by atoms with Gasteiger partial charge in [-0.25, -0.2) is 0 Å². The fraction of sp³-hybridized carbons (Fsp3) is 0.476. The average molecular weight is 477 g/mol. The van der Waals surface area contributed by atoms with Gasteiger partial charge >= 0.3 is 0 Å². The Kier molecular flexibility index (Phi) is 8.46. The van der Waals surface area contributed by atoms with Gasteiger partial charge < -0.3 is 14.0 Å². The third kappa shape index (κ3) is 6.19. The molecule has 0 aliphatic rings. The van der Waals surface area contributed by atoms with Gasteiger partial charge in [-0.2, -0.15) is 0 Å². The van der Waals surface area contributed by atoms with Crippen LogP contribution < -0.4 is 14.8 Å². The number of carbonyl (C=O) groups excluding carboxylic acids is 1. The summed E-state index contributed by atoms with van der Waals surface area (Å²) in [6, 6.07) is 7.50. The molecule has 1 amide bonds. The van der Waals surface area contributed by atoms with Gasteiger partial charge in [-0.15, -0.1) is 20.4 Å². The predicted octanol–water partition coefficient (Wildman–Crippen LogP) is 4.54. The number of amides is 1. The maximum Gasteiger partial charge on any atom is 0.236 e. The summed E-state index contributed by atoms with van der Waals surface area (Å²) >= 11 is 2.74. The zero-order chi connectivity index (χ0) is 23.1. The van der Waals surface area contributed by atoms with Crippen LogP contribution in [0, 0.1) is 0 Å². The van der Waals surface area contributed by atoms with Crippen molar-refractivity contribution in [1.29, 1.82) is 0 Å². The zero-order valence-corrected chi connectivity index (χ0v) is 20.5. The minimum atomic E-state index is -0.320. The molecule has 0 spiro atoms. The molecule has 0 saturated carbocycles. The minimum Gasteiger partial charge on any atom is -0.497 e. The number of methoxy groups -OCH3 is 1. The summed E-state index contributed by atoms with van der Waals surface area (Å²) in [5.41, 5.74) is 0. The van der Waals surface area contributed by atoms with Crippen molar-refractivity contribution >= 4 is 34.1 Å². The number of aromatic nitrogens is 5. The largest absolute Gasteiger partial charge is 0.497 e. The Morgan fingerprint density at radius 2 is 1.84 bits per heavy atom. The number of benzene rings is 1. The molecule has 1 atom stereocenters. The van der Waals surface area contributed by atoms with Crippen molar-refractivity contribution in [3.05, 3.63) is 35.1 Å². The van der Waals surface area contributed by atoms with E-state index in [1.54, 1.807) is 7.11 Å². The average Bonchev–Trinajstić information content (AvgIpc) is 3.40. The number of nitrogens with zero attached hydrogens (tertiary/aromatic N) is 5. The van der Waals surface area contributed by atoms with E-state index in [-0.39, 0.29) is 23.8 Å². The van der Waals surface area contributed by atoms with Gasteiger partial charge in [0.2, 0.25) is 11.0 Å². The second-order valence-corrected chi connectivity index (χ2v) is 9.33. The summed E-state index contributed by atoms with van der Waals surface area (Å²) in [5.74, 6) is 2.22. The SMILES string of the molecule is CCCc1nnc(NC(=O)CSc2nnc(C(C)Oc3ccc(OC)cc3)n2C(C)C)s1. The van der Waals surface area contributed by atoms with Gasteiger partial charge in [0.1, 0.15) is 16.5 Å². The molecule has 11 heteroatoms. The van der Waals surface area contributed by atoms with Crippen molar-refractivity contribution < 1.29 is 14.3 Å². The molecule has 1 aromatic carbocycles. The molecule has 0 fully saturated rings. The van der Waals surface area contributed by atoms with Gasteiger partial charge in [-0.05, 0) is 51.5 Å². The molecular weight excluding hydrogens is 448 g/mol. The molecule has 0 bridgehead atoms. The van der Waals surface area contributed by atoms with Gasteiger partial charge in [-0.1, -0.05) is 30.0 Å². The van der Waals surface area contributed by atoms with Crippen molar-refractivity contribution in [2.75, 3.05) is 18.2 Å². The van der Waals surface area contributed by atoms with E-state index in [9.17, 15) is 4.79 Å². The molecule has 2 aromatic heterocycles. The molecule has 1 unspecified atom stereocenters. The van der Waals surface area contributed by atoms with Crippen molar-refractivity contribution in [1.82, 2.24) is 25.0 Å². The van der Waals surface area contributed by atoms with Crippen LogP contribution in [-0.4, -0.2) is 43.7 Å². The van der Waals surface area contributed by atoms with Crippen molar-refractivity contribution in [2.24, 2.45) is 0 Å². The topological polar surface area (TPSA) is 104 Å². The van der Waals surface area contributed by atoms with Gasteiger partial charge in [0.25, 0.3) is 0 Å². The Morgan fingerprint density at radius 3 is 2.50 bits per heavy atom. The van der Waals surface area contributed by atoms with Crippen LogP contribution in [0.4, 0.5) is 5.13 Å². The summed E-state index contributed by atoms with van der Waals surface area (Å²) in [6.07, 6.45) is 1.53. The highest BCUT2D eigenvalue weighted by molar-refractivity contribution is 7.99. The lowest BCUT2D eigenvalue weighted by atomic mass is 10.3. The van der Waals surface area contributed by atoms with E-state index in [0.717, 1.165) is 23.6 Å². The molecule has 2 heterocycles. The standard InChI is InChI=1S/C21H28N6O3S2/c1-6-7-18-23-25-20(32-18)22-17(28)12-31-21-26-24-19(27(21)13(2)3)14(4)30-16-10-8-15(29-5)9-11-16/h8-11,13-14H,6-7,12H2,1-5H3,(H,22,25,28). The van der Waals surface area contributed by atoms with Crippen LogP contribution in [-0.2, 0) is 11.2 Å². The Labute approximate surface area is 195 Å². The van der Waals surface area contributed by atoms with Gasteiger partial charge in [0.15, 0.2) is 17.1 Å². The van der Waals surface area contributed by atoms with Gasteiger partial charge in [0.05, 0.1) is 12.9 Å². The first-order chi connectivity index (χ1) is 15.4. The molecule has 0 aliphatic heterocycles. The predicted molar refractivity (Wildman–Crippen MR) is 126 cm³/mol. The minimum absolute atomic E-state index is 0.104. The lowest BCUT2D eigenvalue weighted by Gasteiger charge is -2.19. The molecule has 172 valence electrons. The van der Waals surface area contributed by atoms with Crippen LogP contribution >= 0.6 is 23.1 Å². The highest BCUT2D eigenvalue weighted by Gasteiger charge is 2.22. The number of nitrogens with one attached hydrogen (secondary N) is 1. The molecule has 0 aliphatic carbocycles. The van der Waals surface area contributed by atoms with Crippen LogP contribution in [0.15, 0.2) is 29.4 Å². The maximum absolute atomic E-state index is 12.4. The highest BCUT2D eigenvalue weighted by atomic mass is 32.2. The Bertz CT molecular complexity index is 1020. The fourth-order valence-electron chi connectivity index (χ4n) is 2.96. The lowest BCUT2D eigenvalue weighted by Crippen LogP contribution is -2.16. The molecule has 1 N–H and O–H groups in total. The number of ether oxygens (including phenoxy) is 2. The summed E-state index contributed by atoms with van der Waals surface area (Å²) in [6.45, 7) is 8.11. The zero-order valence-electron chi connectivity index (χ0n) is 18.9. The van der Waals surface area contributed by atoms with Crippen molar-refractivity contribution in [3.8, 4) is 11.5 Å².